The van der Waals surface area contributed by atoms with Crippen LogP contribution in [0.2, 0.25) is 0 Å². The highest BCUT2D eigenvalue weighted by Gasteiger charge is 2.23. The second kappa shape index (κ2) is 17.6. The van der Waals surface area contributed by atoms with Crippen molar-refractivity contribution in [2.24, 2.45) is 15.2 Å². The summed E-state index contributed by atoms with van der Waals surface area (Å²) in [6, 6.07) is 26.1. The molecule has 0 aliphatic carbocycles. The van der Waals surface area contributed by atoms with Crippen LogP contribution >= 0.6 is 0 Å². The van der Waals surface area contributed by atoms with Crippen molar-refractivity contribution < 1.29 is 28.2 Å². The zero-order valence-corrected chi connectivity index (χ0v) is 31.3. The fourth-order valence-electron chi connectivity index (χ4n) is 5.60. The molecule has 0 saturated heterocycles. The maximum absolute atomic E-state index is 13.4. The first-order chi connectivity index (χ1) is 24.0. The molecule has 3 amide bonds. The summed E-state index contributed by atoms with van der Waals surface area (Å²) in [7, 11) is -4.12. The molecule has 0 aromatic heterocycles. The lowest BCUT2D eigenvalue weighted by atomic mass is 9.99. The van der Waals surface area contributed by atoms with E-state index >= 15 is 0 Å². The van der Waals surface area contributed by atoms with Gasteiger partial charge in [0.2, 0.25) is 0 Å². The van der Waals surface area contributed by atoms with Crippen molar-refractivity contribution in [3.05, 3.63) is 136 Å². The fourth-order valence-corrected chi connectivity index (χ4v) is 7.06. The molecule has 0 heterocycles. The molecular formula is C39H48N6O6S. The molecule has 0 saturated carbocycles. The minimum Gasteiger partial charge on any atom is -0.444 e. The van der Waals surface area contributed by atoms with Crippen molar-refractivity contribution in [2.45, 2.75) is 77.5 Å². The van der Waals surface area contributed by atoms with Gasteiger partial charge in [-0.25, -0.2) is 15.0 Å². The molecule has 0 radical (unpaired) electrons. The molecule has 52 heavy (non-hydrogen) atoms. The van der Waals surface area contributed by atoms with Gasteiger partial charge in [0.25, 0.3) is 10.0 Å². The number of amidine groups is 1. The van der Waals surface area contributed by atoms with Gasteiger partial charge in [0.05, 0.1) is 17.0 Å². The second-order valence-electron chi connectivity index (χ2n) is 13.3. The quantitative estimate of drug-likeness (QED) is 0.0868. The van der Waals surface area contributed by atoms with Crippen LogP contribution in [-0.4, -0.2) is 49.7 Å². The van der Waals surface area contributed by atoms with Crippen LogP contribution in [0.1, 0.15) is 71.3 Å². The number of carbonyl (C=O) groups excluding carboxylic acids is 2. The average molecular weight is 729 g/mol. The predicted octanol–water partition coefficient (Wildman–Crippen LogP) is 5.70. The average Bonchev–Trinajstić information content (AvgIpc) is 3.06. The van der Waals surface area contributed by atoms with E-state index in [2.05, 4.69) is 25.6 Å². The number of nitrogens with one attached hydrogen (secondary N) is 3. The van der Waals surface area contributed by atoms with E-state index < -0.39 is 39.8 Å². The number of amides is 3. The second-order valence-corrected chi connectivity index (χ2v) is 14.9. The molecule has 4 aromatic carbocycles. The van der Waals surface area contributed by atoms with Crippen molar-refractivity contribution in [1.29, 1.82) is 0 Å². The highest BCUT2D eigenvalue weighted by molar-refractivity contribution is 7.90. The summed E-state index contributed by atoms with van der Waals surface area (Å²) in [6.45, 7) is 12.5. The number of hydrazone groups is 1. The van der Waals surface area contributed by atoms with Crippen LogP contribution in [0.5, 0.6) is 0 Å². The Kier molecular flexibility index (Phi) is 13.8. The molecule has 1 atom stereocenters. The van der Waals surface area contributed by atoms with Crippen LogP contribution in [0.15, 0.2) is 105 Å². The lowest BCUT2D eigenvalue weighted by Gasteiger charge is -2.22. The van der Waals surface area contributed by atoms with E-state index in [0.29, 0.717) is 22.3 Å². The number of sulfonamides is 1. The summed E-state index contributed by atoms with van der Waals surface area (Å²) in [5.41, 5.74) is 14.0. The molecule has 0 spiro atoms. The van der Waals surface area contributed by atoms with Crippen molar-refractivity contribution in [3.63, 3.8) is 0 Å². The molecule has 13 heteroatoms. The highest BCUT2D eigenvalue weighted by Crippen LogP contribution is 2.27. The van der Waals surface area contributed by atoms with Gasteiger partial charge in [-0.15, -0.1) is 4.40 Å². The Morgan fingerprint density at radius 3 is 2.00 bits per heavy atom. The fraction of sp³-hybridized carbons (Fsp3) is 0.282. The van der Waals surface area contributed by atoms with Crippen LogP contribution in [-0.2, 0) is 21.2 Å². The lowest BCUT2D eigenvalue weighted by molar-refractivity contribution is 0.0519. The molecule has 0 fully saturated rings. The topological polar surface area (TPSA) is 196 Å². The standard InChI is InChI=1S/C39H46N6O5S.H2O/c1-25-21-26(2)35(28(4)27(25)3)51(48,49)45-36(40)32-20-14-15-29(22-32)23-33(42-38(47)50-39(5,6)7)24-41-44-37(46)43-34(30-16-10-8-11-17-30)31-18-12-9-13-19-31;/h8-22,24,33-34H,23H2,1-7H3,(H2,40,45)(H,42,47)(H2,43,44,46);1H2/b41-24-;. The SMILES string of the molecule is Cc1cc(C)c(S(=O)(=O)N=C(N)c2cccc(CC(/C=N\NC(=O)NC(c3ccccc3)c3ccccc3)NC(=O)OC(C)(C)C)c2)c(C)c1C.O. The Labute approximate surface area is 306 Å². The van der Waals surface area contributed by atoms with Gasteiger partial charge in [-0.05, 0) is 99.9 Å². The summed E-state index contributed by atoms with van der Waals surface area (Å²) in [6.07, 6.45) is 0.911. The van der Waals surface area contributed by atoms with Crippen molar-refractivity contribution >= 4 is 34.2 Å². The number of aryl methyl sites for hydroxylation is 2. The van der Waals surface area contributed by atoms with E-state index in [1.54, 1.807) is 58.9 Å². The van der Waals surface area contributed by atoms with Crippen molar-refractivity contribution in [2.75, 3.05) is 0 Å². The third-order valence-corrected chi connectivity index (χ3v) is 9.69. The van der Waals surface area contributed by atoms with Gasteiger partial charge in [0, 0.05) is 11.8 Å². The molecule has 4 aromatic rings. The Morgan fingerprint density at radius 1 is 0.827 bits per heavy atom. The van der Waals surface area contributed by atoms with Gasteiger partial charge in [0.15, 0.2) is 0 Å². The normalized spacial score (nSPS) is 12.6. The molecule has 12 nitrogen and oxygen atoms in total. The monoisotopic (exact) mass is 728 g/mol. The first-order valence-electron chi connectivity index (χ1n) is 16.5. The molecular weight excluding hydrogens is 681 g/mol. The predicted molar refractivity (Wildman–Crippen MR) is 205 cm³/mol. The van der Waals surface area contributed by atoms with E-state index in [1.165, 1.54) is 6.21 Å². The van der Waals surface area contributed by atoms with Gasteiger partial charge < -0.3 is 26.6 Å². The van der Waals surface area contributed by atoms with E-state index in [9.17, 15) is 18.0 Å². The largest absolute Gasteiger partial charge is 0.444 e. The van der Waals surface area contributed by atoms with E-state index in [0.717, 1.165) is 22.3 Å². The first kappa shape index (κ1) is 40.9. The molecule has 276 valence electrons. The minimum absolute atomic E-state index is 0. The maximum Gasteiger partial charge on any atom is 0.408 e. The zero-order valence-electron chi connectivity index (χ0n) is 30.5. The first-order valence-corrected chi connectivity index (χ1v) is 17.9. The number of benzene rings is 4. The summed E-state index contributed by atoms with van der Waals surface area (Å²) in [4.78, 5) is 26.0. The number of hydrogen-bond donors (Lipinski definition) is 4. The Hall–Kier alpha value is -5.53. The van der Waals surface area contributed by atoms with E-state index in [1.807, 2.05) is 80.6 Å². The Bertz CT molecular complexity index is 1990. The number of hydrogen-bond acceptors (Lipinski definition) is 6. The molecule has 0 aliphatic rings. The maximum atomic E-state index is 13.4. The van der Waals surface area contributed by atoms with Crippen molar-refractivity contribution in [1.82, 2.24) is 16.1 Å². The van der Waals surface area contributed by atoms with Gasteiger partial charge in [-0.3, -0.25) is 0 Å². The molecule has 1 unspecified atom stereocenters. The van der Waals surface area contributed by atoms with Crippen LogP contribution in [0.4, 0.5) is 9.59 Å². The highest BCUT2D eigenvalue weighted by atomic mass is 32.2. The van der Waals surface area contributed by atoms with Crippen LogP contribution in [0.25, 0.3) is 0 Å². The molecule has 0 aliphatic heterocycles. The number of carbonyl (C=O) groups is 2. The Morgan fingerprint density at radius 2 is 1.42 bits per heavy atom. The number of urea groups is 1. The van der Waals surface area contributed by atoms with E-state index in [-0.39, 0.29) is 22.6 Å². The van der Waals surface area contributed by atoms with Gasteiger partial charge >= 0.3 is 12.1 Å². The van der Waals surface area contributed by atoms with Crippen LogP contribution in [0, 0.1) is 27.7 Å². The summed E-state index contributed by atoms with van der Waals surface area (Å²) in [5.74, 6) is -0.177. The number of rotatable bonds is 11. The summed E-state index contributed by atoms with van der Waals surface area (Å²) in [5, 5.41) is 9.88. The zero-order chi connectivity index (χ0) is 37.3. The van der Waals surface area contributed by atoms with Crippen LogP contribution in [0.3, 0.4) is 0 Å². The molecule has 4 rings (SSSR count). The number of alkyl carbamates (subject to hydrolysis) is 1. The van der Waals surface area contributed by atoms with Gasteiger partial charge in [0.1, 0.15) is 11.4 Å². The van der Waals surface area contributed by atoms with Gasteiger partial charge in [-0.2, -0.15) is 13.5 Å². The Balaban J connectivity index is 0.00000729. The minimum atomic E-state index is -4.12. The van der Waals surface area contributed by atoms with E-state index in [4.69, 9.17) is 10.5 Å². The number of ether oxygens (including phenoxy) is 1. The van der Waals surface area contributed by atoms with Crippen molar-refractivity contribution in [3.8, 4) is 0 Å². The third-order valence-electron chi connectivity index (χ3n) is 8.10. The lowest BCUT2D eigenvalue weighted by Crippen LogP contribution is -2.42. The third kappa shape index (κ3) is 11.2. The summed E-state index contributed by atoms with van der Waals surface area (Å²) < 4.78 is 36.3. The summed E-state index contributed by atoms with van der Waals surface area (Å²) >= 11 is 0. The van der Waals surface area contributed by atoms with Crippen LogP contribution < -0.4 is 21.8 Å². The smallest absolute Gasteiger partial charge is 0.408 e. The molecule has 7 N–H and O–H groups in total. The van der Waals surface area contributed by atoms with Gasteiger partial charge in [-0.1, -0.05) is 84.9 Å². The number of nitrogens with two attached hydrogens (primary N) is 1. The molecule has 0 bridgehead atoms. The number of nitrogens with zero attached hydrogens (tertiary/aromatic N) is 2.